The Morgan fingerprint density at radius 2 is 2.33 bits per heavy atom. The van der Waals surface area contributed by atoms with Gasteiger partial charge in [0.15, 0.2) is 0 Å². The average molecular weight is 233 g/mol. The van der Waals surface area contributed by atoms with Crippen molar-refractivity contribution in [1.29, 1.82) is 0 Å². The maximum atomic E-state index is 13.8. The predicted octanol–water partition coefficient (Wildman–Crippen LogP) is 2.31. The molecule has 66 valence electrons. The van der Waals surface area contributed by atoms with Crippen LogP contribution in [0.1, 0.15) is 24.6 Å². The molecule has 0 bridgehead atoms. The Balaban J connectivity index is 2.65. The zero-order valence-corrected chi connectivity index (χ0v) is 8.65. The van der Waals surface area contributed by atoms with Crippen LogP contribution in [0.4, 0.5) is 4.39 Å². The van der Waals surface area contributed by atoms with Gasteiger partial charge in [0.1, 0.15) is 10.3 Å². The van der Waals surface area contributed by atoms with E-state index in [1.165, 1.54) is 0 Å². The van der Waals surface area contributed by atoms with E-state index in [-0.39, 0.29) is 0 Å². The van der Waals surface area contributed by atoms with Crippen molar-refractivity contribution in [3.8, 4) is 0 Å². The highest BCUT2D eigenvalue weighted by molar-refractivity contribution is 9.10. The topological polar surface area (TPSA) is 17.8 Å². The van der Waals surface area contributed by atoms with E-state index >= 15 is 0 Å². The molecule has 0 spiro atoms. The summed E-state index contributed by atoms with van der Waals surface area (Å²) in [6, 6.07) is 0. The fraction of sp³-hybridized carbons (Fsp3) is 0.625. The first-order valence-corrected chi connectivity index (χ1v) is 4.72. The van der Waals surface area contributed by atoms with Gasteiger partial charge in [0, 0.05) is 18.3 Å². The molecule has 0 radical (unpaired) electrons. The van der Waals surface area contributed by atoms with E-state index < -0.39 is 5.67 Å². The molecule has 0 fully saturated rings. The second kappa shape index (κ2) is 2.31. The van der Waals surface area contributed by atoms with E-state index in [1.807, 2.05) is 7.05 Å². The molecule has 0 aliphatic heterocycles. The van der Waals surface area contributed by atoms with Crippen molar-refractivity contribution in [2.24, 2.45) is 7.05 Å². The van der Waals surface area contributed by atoms with Gasteiger partial charge in [-0.2, -0.15) is 5.10 Å². The molecule has 1 atom stereocenters. The van der Waals surface area contributed by atoms with Crippen LogP contribution in [0.2, 0.25) is 0 Å². The molecule has 12 heavy (non-hydrogen) atoms. The van der Waals surface area contributed by atoms with Crippen molar-refractivity contribution in [2.45, 2.75) is 25.4 Å². The lowest BCUT2D eigenvalue weighted by atomic mass is 10.0. The Hall–Kier alpha value is -0.380. The van der Waals surface area contributed by atoms with Crippen molar-refractivity contribution < 1.29 is 4.39 Å². The number of aromatic nitrogens is 2. The van der Waals surface area contributed by atoms with Gasteiger partial charge in [-0.1, -0.05) is 0 Å². The Labute approximate surface area is 78.9 Å². The van der Waals surface area contributed by atoms with Gasteiger partial charge in [-0.15, -0.1) is 0 Å². The SMILES string of the molecule is Cn1nc(Br)c2c1CCC2(C)F. The Morgan fingerprint density at radius 3 is 2.92 bits per heavy atom. The summed E-state index contributed by atoms with van der Waals surface area (Å²) in [7, 11) is 1.85. The summed E-state index contributed by atoms with van der Waals surface area (Å²) in [6.07, 6.45) is 1.37. The highest BCUT2D eigenvalue weighted by atomic mass is 79.9. The molecular weight excluding hydrogens is 223 g/mol. The molecule has 1 aliphatic carbocycles. The third kappa shape index (κ3) is 0.937. The second-order valence-electron chi connectivity index (χ2n) is 3.43. The predicted molar refractivity (Wildman–Crippen MR) is 47.7 cm³/mol. The average Bonchev–Trinajstić information content (AvgIpc) is 2.37. The molecule has 1 heterocycles. The van der Waals surface area contributed by atoms with Gasteiger partial charge in [0.2, 0.25) is 0 Å². The Kier molecular flexibility index (Phi) is 1.59. The second-order valence-corrected chi connectivity index (χ2v) is 4.18. The van der Waals surface area contributed by atoms with Crippen molar-refractivity contribution in [1.82, 2.24) is 9.78 Å². The molecule has 0 N–H and O–H groups in total. The van der Waals surface area contributed by atoms with Crippen molar-refractivity contribution in [2.75, 3.05) is 0 Å². The summed E-state index contributed by atoms with van der Waals surface area (Å²) < 4.78 is 16.2. The highest BCUT2D eigenvalue weighted by Gasteiger charge is 2.39. The molecule has 2 rings (SSSR count). The van der Waals surface area contributed by atoms with E-state index in [9.17, 15) is 4.39 Å². The first-order chi connectivity index (χ1) is 5.52. The number of alkyl halides is 1. The normalized spacial score (nSPS) is 27.7. The highest BCUT2D eigenvalue weighted by Crippen LogP contribution is 2.43. The summed E-state index contributed by atoms with van der Waals surface area (Å²) in [5, 5.41) is 4.12. The largest absolute Gasteiger partial charge is 0.271 e. The molecular formula is C8H10BrFN2. The van der Waals surface area contributed by atoms with Crippen LogP contribution in [0.15, 0.2) is 4.60 Å². The standard InChI is InChI=1S/C8H10BrFN2/c1-8(10)4-3-5-6(8)7(9)11-12(5)2/h3-4H2,1-2H3. The summed E-state index contributed by atoms with van der Waals surface area (Å²) in [5.41, 5.74) is 0.569. The third-order valence-electron chi connectivity index (χ3n) is 2.48. The molecule has 0 saturated heterocycles. The van der Waals surface area contributed by atoms with Gasteiger partial charge in [-0.05, 0) is 35.7 Å². The molecule has 1 aromatic heterocycles. The fourth-order valence-electron chi connectivity index (χ4n) is 1.80. The van der Waals surface area contributed by atoms with Crippen LogP contribution in [0, 0.1) is 0 Å². The molecule has 4 heteroatoms. The van der Waals surface area contributed by atoms with Gasteiger partial charge in [-0.3, -0.25) is 4.68 Å². The van der Waals surface area contributed by atoms with Crippen LogP contribution in [-0.4, -0.2) is 9.78 Å². The number of aryl methyl sites for hydroxylation is 1. The summed E-state index contributed by atoms with van der Waals surface area (Å²) in [6.45, 7) is 1.62. The number of rotatable bonds is 0. The smallest absolute Gasteiger partial charge is 0.138 e. The molecule has 1 aromatic rings. The molecule has 0 aromatic carbocycles. The number of fused-ring (bicyclic) bond motifs is 1. The van der Waals surface area contributed by atoms with Crippen LogP contribution >= 0.6 is 15.9 Å². The van der Waals surface area contributed by atoms with E-state index in [0.717, 1.165) is 17.7 Å². The van der Waals surface area contributed by atoms with Gasteiger partial charge in [0.05, 0.1) is 0 Å². The summed E-state index contributed by atoms with van der Waals surface area (Å²) >= 11 is 3.27. The minimum absolute atomic E-state index is 0.576. The van der Waals surface area contributed by atoms with Crippen molar-refractivity contribution >= 4 is 15.9 Å². The Bertz CT molecular complexity index is 330. The first kappa shape index (κ1) is 8.23. The maximum Gasteiger partial charge on any atom is 0.138 e. The van der Waals surface area contributed by atoms with Gasteiger partial charge < -0.3 is 0 Å². The molecule has 1 aliphatic rings. The minimum atomic E-state index is -1.19. The lowest BCUT2D eigenvalue weighted by molar-refractivity contribution is 0.192. The van der Waals surface area contributed by atoms with E-state index in [1.54, 1.807) is 11.6 Å². The van der Waals surface area contributed by atoms with E-state index in [2.05, 4.69) is 21.0 Å². The molecule has 0 saturated carbocycles. The monoisotopic (exact) mass is 232 g/mol. The maximum absolute atomic E-state index is 13.8. The molecule has 0 amide bonds. The third-order valence-corrected chi connectivity index (χ3v) is 3.03. The Morgan fingerprint density at radius 1 is 1.67 bits per heavy atom. The minimum Gasteiger partial charge on any atom is -0.271 e. The van der Waals surface area contributed by atoms with Crippen molar-refractivity contribution in [3.63, 3.8) is 0 Å². The zero-order chi connectivity index (χ0) is 8.93. The van der Waals surface area contributed by atoms with Crippen LogP contribution in [0.3, 0.4) is 0 Å². The zero-order valence-electron chi connectivity index (χ0n) is 7.06. The van der Waals surface area contributed by atoms with Gasteiger partial charge in [0.25, 0.3) is 0 Å². The van der Waals surface area contributed by atoms with E-state index in [0.29, 0.717) is 11.0 Å². The number of halogens is 2. The summed E-state index contributed by atoms with van der Waals surface area (Å²) in [5.74, 6) is 0. The van der Waals surface area contributed by atoms with Crippen LogP contribution < -0.4 is 0 Å². The number of hydrogen-bond donors (Lipinski definition) is 0. The van der Waals surface area contributed by atoms with Crippen LogP contribution in [0.25, 0.3) is 0 Å². The van der Waals surface area contributed by atoms with E-state index in [4.69, 9.17) is 0 Å². The van der Waals surface area contributed by atoms with Crippen LogP contribution in [0.5, 0.6) is 0 Å². The summed E-state index contributed by atoms with van der Waals surface area (Å²) in [4.78, 5) is 0. The van der Waals surface area contributed by atoms with Crippen LogP contribution in [-0.2, 0) is 19.1 Å². The number of hydrogen-bond acceptors (Lipinski definition) is 1. The van der Waals surface area contributed by atoms with Gasteiger partial charge in [-0.25, -0.2) is 4.39 Å². The number of nitrogens with zero attached hydrogens (tertiary/aromatic N) is 2. The van der Waals surface area contributed by atoms with Gasteiger partial charge >= 0.3 is 0 Å². The molecule has 1 unspecified atom stereocenters. The lowest BCUT2D eigenvalue weighted by Gasteiger charge is -2.11. The van der Waals surface area contributed by atoms with Crippen molar-refractivity contribution in [3.05, 3.63) is 15.9 Å². The first-order valence-electron chi connectivity index (χ1n) is 3.93. The quantitative estimate of drug-likeness (QED) is 0.672. The molecule has 2 nitrogen and oxygen atoms in total. The fourth-order valence-corrected chi connectivity index (χ4v) is 2.68. The lowest BCUT2D eigenvalue weighted by Crippen LogP contribution is -2.09.